The second kappa shape index (κ2) is 34.0. The van der Waals surface area contributed by atoms with Crippen LogP contribution in [0.15, 0.2) is 12.2 Å². The molecular formula is C48H89NO18. The quantitative estimate of drug-likeness (QED) is 0.0316. The minimum absolute atomic E-state index is 0.368. The third-order valence-electron chi connectivity index (χ3n) is 13.1. The van der Waals surface area contributed by atoms with Gasteiger partial charge in [-0.25, -0.2) is 0 Å². The third kappa shape index (κ3) is 20.7. The molecule has 0 saturated carbocycles. The van der Waals surface area contributed by atoms with Crippen molar-refractivity contribution in [3.8, 4) is 0 Å². The fraction of sp³-hybridized carbons (Fsp3) is 0.938. The Hall–Kier alpha value is -1.47. The SMILES string of the molecule is CCCCCCCCCCCCCCCCCCCCCCC/C=C/C(O)C(COC1OC(CO)C(OC2OC(CO)C(OC3OC(CO)C(O)C(O)C3O)C(O)C2O)C(O)C1O)NC(C)=O. The van der Waals surface area contributed by atoms with E-state index in [9.17, 15) is 61.0 Å². The van der Waals surface area contributed by atoms with Crippen LogP contribution in [0.5, 0.6) is 0 Å². The summed E-state index contributed by atoms with van der Waals surface area (Å²) >= 11 is 0. The van der Waals surface area contributed by atoms with E-state index in [4.69, 9.17) is 28.4 Å². The minimum Gasteiger partial charge on any atom is -0.394 e. The van der Waals surface area contributed by atoms with Gasteiger partial charge in [0.05, 0.1) is 38.6 Å². The summed E-state index contributed by atoms with van der Waals surface area (Å²) in [5, 5.41) is 118. The molecule has 3 rings (SSSR count). The molecule has 3 fully saturated rings. The normalized spacial score (nSPS) is 33.5. The summed E-state index contributed by atoms with van der Waals surface area (Å²) in [6.45, 7) is 0.752. The molecule has 0 aromatic rings. The number of ether oxygens (including phenoxy) is 6. The lowest BCUT2D eigenvalue weighted by atomic mass is 9.96. The number of aliphatic hydroxyl groups is 11. The number of hydrogen-bond donors (Lipinski definition) is 12. The van der Waals surface area contributed by atoms with E-state index in [1.807, 2.05) is 6.08 Å². The highest BCUT2D eigenvalue weighted by Crippen LogP contribution is 2.33. The van der Waals surface area contributed by atoms with Crippen molar-refractivity contribution in [3.05, 3.63) is 12.2 Å². The maximum atomic E-state index is 12.0. The van der Waals surface area contributed by atoms with E-state index >= 15 is 0 Å². The summed E-state index contributed by atoms with van der Waals surface area (Å²) in [6.07, 6.45) is 4.93. The van der Waals surface area contributed by atoms with Crippen LogP contribution in [0.25, 0.3) is 0 Å². The van der Waals surface area contributed by atoms with Gasteiger partial charge in [-0.15, -0.1) is 0 Å². The molecule has 17 atom stereocenters. The molecule has 3 aliphatic heterocycles. The van der Waals surface area contributed by atoms with Crippen molar-refractivity contribution in [2.24, 2.45) is 0 Å². The molecule has 394 valence electrons. The van der Waals surface area contributed by atoms with E-state index in [0.717, 1.165) is 25.7 Å². The highest BCUT2D eigenvalue weighted by atomic mass is 16.8. The molecule has 0 radical (unpaired) electrons. The maximum Gasteiger partial charge on any atom is 0.217 e. The molecule has 0 spiro atoms. The van der Waals surface area contributed by atoms with Crippen molar-refractivity contribution < 1.29 is 89.4 Å². The Morgan fingerprint density at radius 3 is 1.31 bits per heavy atom. The van der Waals surface area contributed by atoms with Gasteiger partial charge in [0, 0.05) is 6.92 Å². The van der Waals surface area contributed by atoms with Gasteiger partial charge in [0.25, 0.3) is 0 Å². The summed E-state index contributed by atoms with van der Waals surface area (Å²) < 4.78 is 33.6. The largest absolute Gasteiger partial charge is 0.394 e. The number of amides is 1. The number of unbranched alkanes of at least 4 members (excludes halogenated alkanes) is 21. The van der Waals surface area contributed by atoms with E-state index in [0.29, 0.717) is 0 Å². The topological polar surface area (TPSA) is 307 Å². The van der Waals surface area contributed by atoms with Crippen LogP contribution in [0.4, 0.5) is 0 Å². The number of allylic oxidation sites excluding steroid dienone is 1. The number of nitrogens with one attached hydrogen (secondary N) is 1. The molecule has 1 amide bonds. The van der Waals surface area contributed by atoms with Gasteiger partial charge in [-0.05, 0) is 12.8 Å². The first-order valence-electron chi connectivity index (χ1n) is 25.4. The number of carbonyl (C=O) groups excluding carboxylic acids is 1. The predicted octanol–water partition coefficient (Wildman–Crippen LogP) is 1.48. The number of aliphatic hydroxyl groups excluding tert-OH is 11. The van der Waals surface area contributed by atoms with E-state index in [1.165, 1.54) is 122 Å². The molecule has 3 saturated heterocycles. The monoisotopic (exact) mass is 968 g/mol. The van der Waals surface area contributed by atoms with Crippen molar-refractivity contribution >= 4 is 5.91 Å². The fourth-order valence-electron chi connectivity index (χ4n) is 8.93. The first kappa shape index (κ1) is 59.8. The molecule has 3 heterocycles. The van der Waals surface area contributed by atoms with Gasteiger partial charge >= 0.3 is 0 Å². The van der Waals surface area contributed by atoms with Crippen LogP contribution < -0.4 is 5.32 Å². The van der Waals surface area contributed by atoms with Gasteiger partial charge in [-0.3, -0.25) is 4.79 Å². The Kier molecular flexibility index (Phi) is 30.4. The van der Waals surface area contributed by atoms with E-state index in [1.54, 1.807) is 6.08 Å². The zero-order valence-electron chi connectivity index (χ0n) is 40.1. The second-order valence-corrected chi connectivity index (χ2v) is 18.7. The first-order valence-corrected chi connectivity index (χ1v) is 25.4. The second-order valence-electron chi connectivity index (χ2n) is 18.7. The standard InChI is InChI=1S/C48H89NO18/c1-3-4-5-6-7-8-9-10-11-12-13-14-15-16-17-18-19-20-21-22-23-24-25-26-33(54)32(49-31(2)53)30-62-46-42(60)39(57)44(35(28-51)64-46)67-48-43(61)40(58)45(36(29-52)65-48)66-47-41(59)38(56)37(55)34(27-50)63-47/h25-26,32-48,50-52,54-61H,3-24,27-30H2,1-2H3,(H,49,53)/b26-25+. The molecule has 0 aromatic carbocycles. The lowest BCUT2D eigenvalue weighted by Crippen LogP contribution is -2.66. The van der Waals surface area contributed by atoms with E-state index < -0.39 is 130 Å². The lowest BCUT2D eigenvalue weighted by Gasteiger charge is -2.48. The molecule has 3 aliphatic rings. The lowest BCUT2D eigenvalue weighted by molar-refractivity contribution is -0.379. The van der Waals surface area contributed by atoms with Gasteiger partial charge in [0.1, 0.15) is 73.2 Å². The van der Waals surface area contributed by atoms with Gasteiger partial charge in [-0.2, -0.15) is 0 Å². The summed E-state index contributed by atoms with van der Waals surface area (Å²) in [5.74, 6) is -0.451. The van der Waals surface area contributed by atoms with E-state index in [-0.39, 0.29) is 6.61 Å². The van der Waals surface area contributed by atoms with Crippen LogP contribution in [0.3, 0.4) is 0 Å². The third-order valence-corrected chi connectivity index (χ3v) is 13.1. The smallest absolute Gasteiger partial charge is 0.217 e. The van der Waals surface area contributed by atoms with Crippen LogP contribution in [-0.2, 0) is 33.2 Å². The Morgan fingerprint density at radius 2 is 0.896 bits per heavy atom. The zero-order valence-corrected chi connectivity index (χ0v) is 40.1. The maximum absolute atomic E-state index is 12.0. The molecule has 0 aromatic heterocycles. The highest BCUT2D eigenvalue weighted by Gasteiger charge is 2.53. The zero-order chi connectivity index (χ0) is 49.1. The number of carbonyl (C=O) groups is 1. The molecule has 0 aliphatic carbocycles. The Morgan fingerprint density at radius 1 is 0.522 bits per heavy atom. The van der Waals surface area contributed by atoms with Crippen LogP contribution in [0.1, 0.15) is 155 Å². The average Bonchev–Trinajstić information content (AvgIpc) is 3.31. The minimum atomic E-state index is -1.97. The van der Waals surface area contributed by atoms with Gasteiger partial charge in [-0.1, -0.05) is 147 Å². The van der Waals surface area contributed by atoms with Crippen LogP contribution in [0, 0.1) is 0 Å². The van der Waals surface area contributed by atoms with Crippen molar-refractivity contribution in [2.45, 2.75) is 259 Å². The predicted molar refractivity (Wildman–Crippen MR) is 245 cm³/mol. The fourth-order valence-corrected chi connectivity index (χ4v) is 8.93. The van der Waals surface area contributed by atoms with Crippen molar-refractivity contribution in [1.82, 2.24) is 5.32 Å². The molecular weight excluding hydrogens is 879 g/mol. The molecule has 19 nitrogen and oxygen atoms in total. The van der Waals surface area contributed by atoms with Gasteiger partial charge < -0.3 is 89.9 Å². The van der Waals surface area contributed by atoms with Gasteiger partial charge in [0.15, 0.2) is 18.9 Å². The molecule has 0 bridgehead atoms. The van der Waals surface area contributed by atoms with Crippen molar-refractivity contribution in [2.75, 3.05) is 26.4 Å². The molecule has 17 unspecified atom stereocenters. The Balaban J connectivity index is 1.34. The van der Waals surface area contributed by atoms with Crippen LogP contribution in [-0.4, -0.2) is 193 Å². The average molecular weight is 968 g/mol. The Labute approximate surface area is 397 Å². The first-order chi connectivity index (χ1) is 32.3. The Bertz CT molecular complexity index is 1300. The summed E-state index contributed by atoms with van der Waals surface area (Å²) in [5.41, 5.74) is 0. The number of hydrogen-bond acceptors (Lipinski definition) is 18. The number of rotatable bonds is 35. The molecule has 19 heteroatoms. The van der Waals surface area contributed by atoms with Crippen LogP contribution in [0.2, 0.25) is 0 Å². The summed E-state index contributed by atoms with van der Waals surface area (Å²) in [4.78, 5) is 12.0. The summed E-state index contributed by atoms with van der Waals surface area (Å²) in [6, 6.07) is -0.969. The molecule has 12 N–H and O–H groups in total. The van der Waals surface area contributed by atoms with E-state index in [2.05, 4.69) is 12.2 Å². The van der Waals surface area contributed by atoms with Crippen molar-refractivity contribution in [3.63, 3.8) is 0 Å². The van der Waals surface area contributed by atoms with Crippen LogP contribution >= 0.6 is 0 Å². The van der Waals surface area contributed by atoms with Crippen molar-refractivity contribution in [1.29, 1.82) is 0 Å². The highest BCUT2D eigenvalue weighted by molar-refractivity contribution is 5.73. The van der Waals surface area contributed by atoms with Gasteiger partial charge in [0.2, 0.25) is 5.91 Å². The molecule has 67 heavy (non-hydrogen) atoms. The summed E-state index contributed by atoms with van der Waals surface area (Å²) in [7, 11) is 0.